The van der Waals surface area contributed by atoms with Crippen LogP contribution in [0.1, 0.15) is 0 Å². The summed E-state index contributed by atoms with van der Waals surface area (Å²) >= 11 is 0. The maximum atomic E-state index is 10.6. The van der Waals surface area contributed by atoms with Crippen LogP contribution in [0.3, 0.4) is 0 Å². The monoisotopic (exact) mass is 178 g/mol. The lowest BCUT2D eigenvalue weighted by atomic mass is 10.1. The summed E-state index contributed by atoms with van der Waals surface area (Å²) in [5.74, 6) is -0.986. The van der Waals surface area contributed by atoms with Crippen LogP contribution < -0.4 is 0 Å². The van der Waals surface area contributed by atoms with Crippen molar-refractivity contribution in [2.24, 2.45) is 0 Å². The fourth-order valence-electron chi connectivity index (χ4n) is 1.00. The molecule has 0 aliphatic carbocycles. The zero-order valence-corrected chi connectivity index (χ0v) is 6.12. The van der Waals surface area contributed by atoms with E-state index in [2.05, 4.69) is 4.74 Å². The molecule has 6 heteroatoms. The molecule has 0 spiro atoms. The number of hydrogen-bond acceptors (Lipinski definition) is 6. The van der Waals surface area contributed by atoms with Gasteiger partial charge >= 0.3 is 5.97 Å². The summed E-state index contributed by atoms with van der Waals surface area (Å²) in [4.78, 5) is 10.6. The molecular weight excluding hydrogens is 168 g/mol. The standard InChI is InChI=1S/C6H10O6/c7-1-2(8)5-3(9)4(10)6(11)12-5/h2-5,7-10H,1H2/t2-,3+,4-,5+/m1/s1. The molecule has 4 atom stereocenters. The number of hydrogen-bond donors (Lipinski definition) is 4. The van der Waals surface area contributed by atoms with Gasteiger partial charge in [0, 0.05) is 0 Å². The van der Waals surface area contributed by atoms with Crippen LogP contribution in [0.5, 0.6) is 0 Å². The minimum absolute atomic E-state index is 0.637. The quantitative estimate of drug-likeness (QED) is 0.335. The van der Waals surface area contributed by atoms with Gasteiger partial charge in [-0.2, -0.15) is 0 Å². The molecule has 1 saturated heterocycles. The van der Waals surface area contributed by atoms with Crippen molar-refractivity contribution in [3.63, 3.8) is 0 Å². The van der Waals surface area contributed by atoms with Gasteiger partial charge in [0.05, 0.1) is 6.61 Å². The Morgan fingerprint density at radius 3 is 2.42 bits per heavy atom. The molecule has 0 saturated carbocycles. The zero-order valence-electron chi connectivity index (χ0n) is 6.12. The fourth-order valence-corrected chi connectivity index (χ4v) is 1.00. The van der Waals surface area contributed by atoms with Crippen molar-refractivity contribution in [1.29, 1.82) is 0 Å². The Labute approximate surface area is 68.0 Å². The molecular formula is C6H10O6. The van der Waals surface area contributed by atoms with Gasteiger partial charge in [0.25, 0.3) is 0 Å². The summed E-state index contributed by atoms with van der Waals surface area (Å²) in [5.41, 5.74) is 0. The topological polar surface area (TPSA) is 107 Å². The Kier molecular flexibility index (Phi) is 2.63. The molecule has 0 aromatic rings. The highest BCUT2D eigenvalue weighted by Gasteiger charge is 2.45. The fraction of sp³-hybridized carbons (Fsp3) is 0.833. The van der Waals surface area contributed by atoms with Crippen LogP contribution >= 0.6 is 0 Å². The third kappa shape index (κ3) is 1.42. The van der Waals surface area contributed by atoms with E-state index in [9.17, 15) is 4.79 Å². The third-order valence-electron chi connectivity index (χ3n) is 1.72. The third-order valence-corrected chi connectivity index (χ3v) is 1.72. The predicted octanol–water partition coefficient (Wildman–Crippen LogP) is -3.01. The number of ether oxygens (including phenoxy) is 1. The van der Waals surface area contributed by atoms with Crippen molar-refractivity contribution < 1.29 is 30.0 Å². The van der Waals surface area contributed by atoms with Crippen LogP contribution in [0.4, 0.5) is 0 Å². The van der Waals surface area contributed by atoms with E-state index in [0.717, 1.165) is 0 Å². The first kappa shape index (κ1) is 9.40. The number of rotatable bonds is 2. The lowest BCUT2D eigenvalue weighted by Crippen LogP contribution is -2.40. The number of cyclic esters (lactones) is 1. The molecule has 0 aromatic carbocycles. The lowest BCUT2D eigenvalue weighted by molar-refractivity contribution is -0.151. The molecule has 0 radical (unpaired) electrons. The van der Waals surface area contributed by atoms with E-state index in [4.69, 9.17) is 20.4 Å². The summed E-state index contributed by atoms with van der Waals surface area (Å²) in [5, 5.41) is 35.3. The summed E-state index contributed by atoms with van der Waals surface area (Å²) < 4.78 is 4.39. The maximum Gasteiger partial charge on any atom is 0.338 e. The zero-order chi connectivity index (χ0) is 9.30. The van der Waals surface area contributed by atoms with Crippen molar-refractivity contribution in [3.8, 4) is 0 Å². The van der Waals surface area contributed by atoms with Gasteiger partial charge in [-0.1, -0.05) is 0 Å². The highest BCUT2D eigenvalue weighted by atomic mass is 16.6. The number of esters is 1. The van der Waals surface area contributed by atoms with Gasteiger partial charge in [-0.25, -0.2) is 4.79 Å². The SMILES string of the molecule is O=C1O[C@@H]([C@H](O)CO)[C@@H](O)[C@H]1O. The molecule has 0 unspecified atom stereocenters. The molecule has 1 aliphatic heterocycles. The van der Waals surface area contributed by atoms with Gasteiger partial charge in [0.1, 0.15) is 12.2 Å². The van der Waals surface area contributed by atoms with E-state index in [0.29, 0.717) is 0 Å². The molecule has 70 valence electrons. The molecule has 0 amide bonds. The van der Waals surface area contributed by atoms with Gasteiger partial charge in [-0.3, -0.25) is 0 Å². The molecule has 1 heterocycles. The largest absolute Gasteiger partial charge is 0.455 e. The number of carbonyl (C=O) groups is 1. The Morgan fingerprint density at radius 2 is 2.08 bits per heavy atom. The number of aliphatic hydroxyl groups is 4. The minimum Gasteiger partial charge on any atom is -0.455 e. The first-order chi connectivity index (χ1) is 5.57. The van der Waals surface area contributed by atoms with Crippen LogP contribution in [0, 0.1) is 0 Å². The second-order valence-corrected chi connectivity index (χ2v) is 2.59. The average molecular weight is 178 g/mol. The van der Waals surface area contributed by atoms with Crippen molar-refractivity contribution in [1.82, 2.24) is 0 Å². The smallest absolute Gasteiger partial charge is 0.338 e. The van der Waals surface area contributed by atoms with Crippen molar-refractivity contribution in [2.45, 2.75) is 24.4 Å². The molecule has 6 nitrogen and oxygen atoms in total. The summed E-state index contributed by atoms with van der Waals surface area (Å²) in [6.07, 6.45) is -5.70. The number of aliphatic hydroxyl groups excluding tert-OH is 4. The predicted molar refractivity (Wildman–Crippen MR) is 35.0 cm³/mol. The normalized spacial score (nSPS) is 38.0. The van der Waals surface area contributed by atoms with E-state index < -0.39 is 37.0 Å². The molecule has 4 N–H and O–H groups in total. The molecule has 12 heavy (non-hydrogen) atoms. The Bertz CT molecular complexity index is 181. The van der Waals surface area contributed by atoms with Gasteiger partial charge in [-0.15, -0.1) is 0 Å². The van der Waals surface area contributed by atoms with Crippen molar-refractivity contribution >= 4 is 5.97 Å². The highest BCUT2D eigenvalue weighted by molar-refractivity contribution is 5.77. The van der Waals surface area contributed by atoms with Crippen LogP contribution in [-0.2, 0) is 9.53 Å². The van der Waals surface area contributed by atoms with E-state index in [1.807, 2.05) is 0 Å². The van der Waals surface area contributed by atoms with Gasteiger partial charge in [0.15, 0.2) is 12.2 Å². The van der Waals surface area contributed by atoms with Crippen LogP contribution in [0.15, 0.2) is 0 Å². The number of carbonyl (C=O) groups excluding carboxylic acids is 1. The average Bonchev–Trinajstić information content (AvgIpc) is 2.32. The van der Waals surface area contributed by atoms with Gasteiger partial charge in [0.2, 0.25) is 0 Å². The Morgan fingerprint density at radius 1 is 1.50 bits per heavy atom. The van der Waals surface area contributed by atoms with E-state index >= 15 is 0 Å². The van der Waals surface area contributed by atoms with Crippen LogP contribution in [-0.4, -0.2) is 57.4 Å². The van der Waals surface area contributed by atoms with E-state index in [1.54, 1.807) is 0 Å². The first-order valence-corrected chi connectivity index (χ1v) is 3.43. The molecule has 1 rings (SSSR count). The Hall–Kier alpha value is -0.690. The molecule has 0 bridgehead atoms. The van der Waals surface area contributed by atoms with Crippen LogP contribution in [0.2, 0.25) is 0 Å². The highest BCUT2D eigenvalue weighted by Crippen LogP contribution is 2.18. The summed E-state index contributed by atoms with van der Waals surface area (Å²) in [6.45, 7) is -0.637. The van der Waals surface area contributed by atoms with Gasteiger partial charge < -0.3 is 25.2 Å². The van der Waals surface area contributed by atoms with Crippen LogP contribution in [0.25, 0.3) is 0 Å². The van der Waals surface area contributed by atoms with Gasteiger partial charge in [-0.05, 0) is 0 Å². The van der Waals surface area contributed by atoms with E-state index in [1.165, 1.54) is 0 Å². The van der Waals surface area contributed by atoms with E-state index in [-0.39, 0.29) is 0 Å². The molecule has 1 aliphatic rings. The lowest BCUT2D eigenvalue weighted by Gasteiger charge is -2.17. The minimum atomic E-state index is -1.63. The Balaban J connectivity index is 2.64. The van der Waals surface area contributed by atoms with Crippen molar-refractivity contribution in [3.05, 3.63) is 0 Å². The van der Waals surface area contributed by atoms with Crippen molar-refractivity contribution in [2.75, 3.05) is 6.61 Å². The second kappa shape index (κ2) is 3.36. The summed E-state index contributed by atoms with van der Waals surface area (Å²) in [6, 6.07) is 0. The maximum absolute atomic E-state index is 10.6. The molecule has 1 fully saturated rings. The molecule has 0 aromatic heterocycles. The summed E-state index contributed by atoms with van der Waals surface area (Å²) in [7, 11) is 0. The second-order valence-electron chi connectivity index (χ2n) is 2.59. The first-order valence-electron chi connectivity index (χ1n) is 3.43.